The number of rotatable bonds is 6. The summed E-state index contributed by atoms with van der Waals surface area (Å²) in [7, 11) is 0. The van der Waals surface area contributed by atoms with Gasteiger partial charge in [-0.2, -0.15) is 0 Å². The van der Waals surface area contributed by atoms with Gasteiger partial charge in [-0.3, -0.25) is 10.1 Å². The fourth-order valence-corrected chi connectivity index (χ4v) is 3.06. The van der Waals surface area contributed by atoms with Crippen LogP contribution in [0.1, 0.15) is 10.4 Å². The third-order valence-corrected chi connectivity index (χ3v) is 4.38. The molecule has 0 saturated heterocycles. The summed E-state index contributed by atoms with van der Waals surface area (Å²) < 4.78 is 0. The first-order valence-electron chi connectivity index (χ1n) is 6.77. The third kappa shape index (κ3) is 3.15. The van der Waals surface area contributed by atoms with E-state index < -0.39 is 12.0 Å². The smallest absolute Gasteiger partial charge is 0.321 e. The Hall–Kier alpha value is -2.11. The molecule has 4 nitrogen and oxygen atoms in total. The molecule has 5 heteroatoms. The first-order chi connectivity index (χ1) is 10.2. The molecule has 0 saturated carbocycles. The minimum absolute atomic E-state index is 0.463. The van der Waals surface area contributed by atoms with Gasteiger partial charge in [0.1, 0.15) is 6.04 Å². The van der Waals surface area contributed by atoms with Crippen molar-refractivity contribution in [3.05, 3.63) is 58.4 Å². The van der Waals surface area contributed by atoms with E-state index in [2.05, 4.69) is 10.3 Å². The number of benzene rings is 1. The number of hydrogen-bond acceptors (Lipinski definition) is 3. The van der Waals surface area contributed by atoms with Crippen molar-refractivity contribution in [2.75, 3.05) is 0 Å². The Labute approximate surface area is 126 Å². The second kappa shape index (κ2) is 6.11. The van der Waals surface area contributed by atoms with E-state index in [0.29, 0.717) is 13.0 Å². The zero-order chi connectivity index (χ0) is 14.7. The molecule has 0 radical (unpaired) electrons. The SMILES string of the molecule is O=C(O)[C@@H](Cc1c[nH]c2ccccc12)NCc1cccs1. The number of carboxylic acid groups (broad SMARTS) is 1. The minimum atomic E-state index is -0.822. The maximum atomic E-state index is 11.5. The van der Waals surface area contributed by atoms with Crippen LogP contribution in [-0.4, -0.2) is 22.1 Å². The van der Waals surface area contributed by atoms with Crippen LogP contribution >= 0.6 is 11.3 Å². The number of aromatic amines is 1. The normalized spacial score (nSPS) is 12.6. The van der Waals surface area contributed by atoms with Gasteiger partial charge in [-0.05, 0) is 23.1 Å². The Kier molecular flexibility index (Phi) is 4.03. The Morgan fingerprint density at radius 2 is 2.14 bits per heavy atom. The maximum Gasteiger partial charge on any atom is 0.321 e. The number of aromatic nitrogens is 1. The van der Waals surface area contributed by atoms with Crippen LogP contribution in [0.2, 0.25) is 0 Å². The highest BCUT2D eigenvalue weighted by atomic mass is 32.1. The predicted octanol–water partition coefficient (Wildman–Crippen LogP) is 3.01. The summed E-state index contributed by atoms with van der Waals surface area (Å²) in [4.78, 5) is 15.8. The van der Waals surface area contributed by atoms with E-state index in [1.165, 1.54) is 0 Å². The molecule has 3 aromatic rings. The van der Waals surface area contributed by atoms with Gasteiger partial charge in [-0.1, -0.05) is 24.3 Å². The summed E-state index contributed by atoms with van der Waals surface area (Å²) in [6.07, 6.45) is 2.36. The van der Waals surface area contributed by atoms with Crippen molar-refractivity contribution in [2.24, 2.45) is 0 Å². The van der Waals surface area contributed by atoms with Gasteiger partial charge in [0.25, 0.3) is 0 Å². The van der Waals surface area contributed by atoms with Crippen molar-refractivity contribution in [3.63, 3.8) is 0 Å². The molecule has 3 rings (SSSR count). The fourth-order valence-electron chi connectivity index (χ4n) is 2.40. The van der Waals surface area contributed by atoms with Gasteiger partial charge in [0.15, 0.2) is 0 Å². The standard InChI is InChI=1S/C16H16N2O2S/c19-16(20)15(18-10-12-4-3-7-21-12)8-11-9-17-14-6-2-1-5-13(11)14/h1-7,9,15,17-18H,8,10H2,(H,19,20)/t15-/m1/s1. The molecule has 2 heterocycles. The molecule has 0 amide bonds. The van der Waals surface area contributed by atoms with Gasteiger partial charge in [-0.15, -0.1) is 11.3 Å². The Balaban J connectivity index is 1.74. The van der Waals surface area contributed by atoms with Gasteiger partial charge < -0.3 is 10.1 Å². The topological polar surface area (TPSA) is 65.1 Å². The summed E-state index contributed by atoms with van der Waals surface area (Å²) >= 11 is 1.63. The lowest BCUT2D eigenvalue weighted by Gasteiger charge is -2.13. The summed E-state index contributed by atoms with van der Waals surface area (Å²) in [6.45, 7) is 0.580. The van der Waals surface area contributed by atoms with E-state index in [-0.39, 0.29) is 0 Å². The zero-order valence-corrected chi connectivity index (χ0v) is 12.2. The average Bonchev–Trinajstić information content (AvgIpc) is 3.13. The van der Waals surface area contributed by atoms with Gasteiger partial charge in [0, 0.05) is 34.9 Å². The van der Waals surface area contributed by atoms with Crippen molar-refractivity contribution in [2.45, 2.75) is 19.0 Å². The van der Waals surface area contributed by atoms with E-state index >= 15 is 0 Å². The molecule has 0 bridgehead atoms. The molecule has 0 aliphatic carbocycles. The lowest BCUT2D eigenvalue weighted by atomic mass is 10.1. The van der Waals surface area contributed by atoms with E-state index in [1.807, 2.05) is 48.0 Å². The van der Waals surface area contributed by atoms with Crippen LogP contribution in [0.4, 0.5) is 0 Å². The van der Waals surface area contributed by atoms with E-state index in [0.717, 1.165) is 21.3 Å². The maximum absolute atomic E-state index is 11.5. The number of hydrogen-bond donors (Lipinski definition) is 3. The van der Waals surface area contributed by atoms with Crippen molar-refractivity contribution >= 4 is 28.2 Å². The summed E-state index contributed by atoms with van der Waals surface area (Å²) in [5.41, 5.74) is 2.06. The quantitative estimate of drug-likeness (QED) is 0.655. The highest BCUT2D eigenvalue weighted by Gasteiger charge is 2.19. The zero-order valence-electron chi connectivity index (χ0n) is 11.4. The molecular weight excluding hydrogens is 284 g/mol. The van der Waals surface area contributed by atoms with Crippen LogP contribution < -0.4 is 5.32 Å². The van der Waals surface area contributed by atoms with Gasteiger partial charge in [0.05, 0.1) is 0 Å². The summed E-state index contributed by atoms with van der Waals surface area (Å²) in [6, 6.07) is 11.3. The molecule has 2 aromatic heterocycles. The number of thiophene rings is 1. The van der Waals surface area contributed by atoms with E-state index in [9.17, 15) is 9.90 Å². The fraction of sp³-hybridized carbons (Fsp3) is 0.188. The van der Waals surface area contributed by atoms with Crippen LogP contribution in [0.5, 0.6) is 0 Å². The molecule has 0 aliphatic rings. The first-order valence-corrected chi connectivity index (χ1v) is 7.65. The minimum Gasteiger partial charge on any atom is -0.480 e. The highest BCUT2D eigenvalue weighted by Crippen LogP contribution is 2.19. The number of para-hydroxylation sites is 1. The molecular formula is C16H16N2O2S. The summed E-state index contributed by atoms with van der Waals surface area (Å²) in [5, 5.41) is 15.6. The Morgan fingerprint density at radius 1 is 1.29 bits per heavy atom. The Morgan fingerprint density at radius 3 is 2.90 bits per heavy atom. The van der Waals surface area contributed by atoms with E-state index in [4.69, 9.17) is 0 Å². The number of H-pyrrole nitrogens is 1. The van der Waals surface area contributed by atoms with Gasteiger partial charge >= 0.3 is 5.97 Å². The highest BCUT2D eigenvalue weighted by molar-refractivity contribution is 7.09. The van der Waals surface area contributed by atoms with Crippen LogP contribution in [0.3, 0.4) is 0 Å². The largest absolute Gasteiger partial charge is 0.480 e. The van der Waals surface area contributed by atoms with E-state index in [1.54, 1.807) is 11.3 Å². The number of nitrogens with one attached hydrogen (secondary N) is 2. The molecule has 21 heavy (non-hydrogen) atoms. The predicted molar refractivity (Wildman–Crippen MR) is 84.6 cm³/mol. The Bertz CT molecular complexity index is 734. The van der Waals surface area contributed by atoms with Crippen LogP contribution in [0.15, 0.2) is 48.0 Å². The molecule has 0 unspecified atom stereocenters. The monoisotopic (exact) mass is 300 g/mol. The number of carboxylic acids is 1. The summed E-state index contributed by atoms with van der Waals surface area (Å²) in [5.74, 6) is -0.822. The number of carbonyl (C=O) groups is 1. The lowest BCUT2D eigenvalue weighted by Crippen LogP contribution is -2.37. The van der Waals surface area contributed by atoms with Crippen LogP contribution in [0, 0.1) is 0 Å². The second-order valence-corrected chi connectivity index (χ2v) is 5.95. The number of aliphatic carboxylic acids is 1. The number of fused-ring (bicyclic) bond motifs is 1. The molecule has 1 aromatic carbocycles. The molecule has 0 fully saturated rings. The molecule has 0 aliphatic heterocycles. The molecule has 108 valence electrons. The average molecular weight is 300 g/mol. The third-order valence-electron chi connectivity index (χ3n) is 3.50. The molecule has 1 atom stereocenters. The molecule has 0 spiro atoms. The first kappa shape index (κ1) is 13.9. The molecule has 3 N–H and O–H groups in total. The van der Waals surface area contributed by atoms with Crippen molar-refractivity contribution in [1.29, 1.82) is 0 Å². The van der Waals surface area contributed by atoms with Gasteiger partial charge in [-0.25, -0.2) is 0 Å². The van der Waals surface area contributed by atoms with Crippen LogP contribution in [0.25, 0.3) is 10.9 Å². The second-order valence-electron chi connectivity index (χ2n) is 4.91. The van der Waals surface area contributed by atoms with Crippen molar-refractivity contribution in [1.82, 2.24) is 10.3 Å². The lowest BCUT2D eigenvalue weighted by molar-refractivity contribution is -0.139. The van der Waals surface area contributed by atoms with Gasteiger partial charge in [0.2, 0.25) is 0 Å². The van der Waals surface area contributed by atoms with Crippen molar-refractivity contribution < 1.29 is 9.90 Å². The van der Waals surface area contributed by atoms with Crippen LogP contribution in [-0.2, 0) is 17.8 Å². The van der Waals surface area contributed by atoms with Crippen molar-refractivity contribution in [3.8, 4) is 0 Å².